The van der Waals surface area contributed by atoms with Gasteiger partial charge in [0.25, 0.3) is 0 Å². The molecular weight excluding hydrogens is 182 g/mol. The van der Waals surface area contributed by atoms with Gasteiger partial charge in [-0.25, -0.2) is 4.79 Å². The molecule has 14 heavy (non-hydrogen) atoms. The maximum atomic E-state index is 10.8. The van der Waals surface area contributed by atoms with Crippen LogP contribution in [0.15, 0.2) is 23.3 Å². The van der Waals surface area contributed by atoms with E-state index in [0.717, 1.165) is 5.57 Å². The monoisotopic (exact) mass is 199 g/mol. The summed E-state index contributed by atoms with van der Waals surface area (Å²) < 4.78 is 4.87. The Morgan fingerprint density at radius 3 is 2.64 bits per heavy atom. The van der Waals surface area contributed by atoms with Gasteiger partial charge in [-0.3, -0.25) is 0 Å². The summed E-state index contributed by atoms with van der Waals surface area (Å²) in [6.07, 6.45) is 3.78. The van der Waals surface area contributed by atoms with Crippen LogP contribution in [0.1, 0.15) is 13.3 Å². The van der Waals surface area contributed by atoms with E-state index in [-0.39, 0.29) is 0 Å². The Labute approximate surface area is 84.1 Å². The highest BCUT2D eigenvalue weighted by Crippen LogP contribution is 2.10. The number of aliphatic carboxylic acids is 1. The van der Waals surface area contributed by atoms with E-state index in [1.54, 1.807) is 20.1 Å². The van der Waals surface area contributed by atoms with Gasteiger partial charge >= 0.3 is 5.97 Å². The smallest absolute Gasteiger partial charge is 0.335 e. The summed E-state index contributed by atoms with van der Waals surface area (Å²) in [5, 5.41) is 8.88. The summed E-state index contributed by atoms with van der Waals surface area (Å²) >= 11 is 0. The molecule has 0 heterocycles. The molecule has 0 aromatic rings. The van der Waals surface area contributed by atoms with Crippen LogP contribution in [0.3, 0.4) is 0 Å². The van der Waals surface area contributed by atoms with Gasteiger partial charge < -0.3 is 15.6 Å². The summed E-state index contributed by atoms with van der Waals surface area (Å²) in [5.74, 6) is -0.927. The topological polar surface area (TPSA) is 72.5 Å². The van der Waals surface area contributed by atoms with Crippen LogP contribution in [0.4, 0.5) is 0 Å². The highest BCUT2D eigenvalue weighted by Gasteiger charge is 2.07. The Bertz CT molecular complexity index is 244. The molecule has 0 spiro atoms. The summed E-state index contributed by atoms with van der Waals surface area (Å²) in [7, 11) is 1.59. The Morgan fingerprint density at radius 2 is 2.21 bits per heavy atom. The molecule has 0 saturated carbocycles. The number of ether oxygens (including phenoxy) is 1. The maximum Gasteiger partial charge on any atom is 0.335 e. The van der Waals surface area contributed by atoms with Gasteiger partial charge in [0.1, 0.15) is 0 Å². The fraction of sp³-hybridized carbons (Fsp3) is 0.500. The van der Waals surface area contributed by atoms with Gasteiger partial charge in [0.2, 0.25) is 0 Å². The van der Waals surface area contributed by atoms with Crippen LogP contribution in [0, 0.1) is 0 Å². The van der Waals surface area contributed by atoms with Crippen LogP contribution in [-0.4, -0.2) is 31.3 Å². The minimum absolute atomic E-state index is 0.299. The van der Waals surface area contributed by atoms with Crippen LogP contribution < -0.4 is 5.73 Å². The zero-order valence-electron chi connectivity index (χ0n) is 8.62. The molecule has 0 fully saturated rings. The first-order chi connectivity index (χ1) is 6.63. The van der Waals surface area contributed by atoms with Gasteiger partial charge in [0, 0.05) is 20.3 Å². The quantitative estimate of drug-likeness (QED) is 0.493. The predicted molar refractivity (Wildman–Crippen MR) is 55.0 cm³/mol. The number of methoxy groups -OCH3 is 1. The van der Waals surface area contributed by atoms with Crippen molar-refractivity contribution in [2.45, 2.75) is 13.3 Å². The summed E-state index contributed by atoms with van der Waals surface area (Å²) in [6, 6.07) is 0. The molecule has 0 aliphatic rings. The number of carboxylic acids is 1. The van der Waals surface area contributed by atoms with Crippen molar-refractivity contribution in [1.29, 1.82) is 0 Å². The maximum absolute atomic E-state index is 10.8. The third kappa shape index (κ3) is 4.79. The number of hydrogen-bond donors (Lipinski definition) is 2. The van der Waals surface area contributed by atoms with Crippen LogP contribution in [0.5, 0.6) is 0 Å². The Morgan fingerprint density at radius 1 is 1.57 bits per heavy atom. The molecule has 0 atom stereocenters. The normalized spacial score (nSPS) is 13.1. The van der Waals surface area contributed by atoms with Crippen molar-refractivity contribution in [2.24, 2.45) is 5.73 Å². The first kappa shape index (κ1) is 12.9. The van der Waals surface area contributed by atoms with E-state index in [2.05, 4.69) is 0 Å². The lowest BCUT2D eigenvalue weighted by molar-refractivity contribution is -0.132. The average molecular weight is 199 g/mol. The van der Waals surface area contributed by atoms with Gasteiger partial charge in [-0.15, -0.1) is 0 Å². The molecule has 3 N–H and O–H groups in total. The SMILES string of the molecule is COCC/C(C)=C(/C=C\CN)C(=O)O. The van der Waals surface area contributed by atoms with E-state index in [0.29, 0.717) is 25.1 Å². The standard InChI is InChI=1S/C10H17NO3/c1-8(5-7-14-2)9(10(12)13)4-3-6-11/h3-4H,5-7,11H2,1-2H3,(H,12,13)/b4-3-,9-8-. The van der Waals surface area contributed by atoms with E-state index in [1.807, 2.05) is 0 Å². The number of nitrogens with two attached hydrogens (primary N) is 1. The Balaban J connectivity index is 4.58. The fourth-order valence-electron chi connectivity index (χ4n) is 0.972. The largest absolute Gasteiger partial charge is 0.478 e. The van der Waals surface area contributed by atoms with E-state index in [9.17, 15) is 4.79 Å². The van der Waals surface area contributed by atoms with Crippen LogP contribution >= 0.6 is 0 Å². The molecule has 0 aliphatic heterocycles. The number of carbonyl (C=O) groups is 1. The van der Waals surface area contributed by atoms with E-state index in [1.165, 1.54) is 6.08 Å². The second-order valence-corrected chi connectivity index (χ2v) is 2.88. The van der Waals surface area contributed by atoms with Gasteiger partial charge in [-0.05, 0) is 13.3 Å². The van der Waals surface area contributed by atoms with Crippen molar-refractivity contribution in [3.63, 3.8) is 0 Å². The Kier molecular flexibility index (Phi) is 6.70. The lowest BCUT2D eigenvalue weighted by Gasteiger charge is -2.03. The van der Waals surface area contributed by atoms with E-state index in [4.69, 9.17) is 15.6 Å². The zero-order valence-corrected chi connectivity index (χ0v) is 8.62. The van der Waals surface area contributed by atoms with Crippen molar-refractivity contribution >= 4 is 5.97 Å². The van der Waals surface area contributed by atoms with Gasteiger partial charge in [0.15, 0.2) is 0 Å². The second kappa shape index (κ2) is 7.29. The van der Waals surface area contributed by atoms with Crippen molar-refractivity contribution in [3.05, 3.63) is 23.3 Å². The summed E-state index contributed by atoms with van der Waals surface area (Å²) in [6.45, 7) is 2.65. The lowest BCUT2D eigenvalue weighted by Crippen LogP contribution is -2.04. The second-order valence-electron chi connectivity index (χ2n) is 2.88. The van der Waals surface area contributed by atoms with E-state index < -0.39 is 5.97 Å². The molecule has 0 saturated heterocycles. The average Bonchev–Trinajstić information content (AvgIpc) is 2.14. The van der Waals surface area contributed by atoms with Crippen LogP contribution in [0.2, 0.25) is 0 Å². The predicted octanol–water partition coefficient (Wildman–Crippen LogP) is 0.939. The summed E-state index contributed by atoms with van der Waals surface area (Å²) in [5.41, 5.74) is 6.34. The van der Waals surface area contributed by atoms with Crippen molar-refractivity contribution in [3.8, 4) is 0 Å². The van der Waals surface area contributed by atoms with Gasteiger partial charge in [-0.1, -0.05) is 17.7 Å². The minimum Gasteiger partial charge on any atom is -0.478 e. The molecule has 0 rings (SSSR count). The van der Waals surface area contributed by atoms with Gasteiger partial charge in [-0.2, -0.15) is 0 Å². The van der Waals surface area contributed by atoms with Crippen molar-refractivity contribution in [1.82, 2.24) is 0 Å². The van der Waals surface area contributed by atoms with Crippen LogP contribution in [0.25, 0.3) is 0 Å². The van der Waals surface area contributed by atoms with Gasteiger partial charge in [0.05, 0.1) is 5.57 Å². The minimum atomic E-state index is -0.927. The molecule has 0 aliphatic carbocycles. The molecule has 0 unspecified atom stereocenters. The molecule has 4 nitrogen and oxygen atoms in total. The molecule has 4 heteroatoms. The first-order valence-corrected chi connectivity index (χ1v) is 4.42. The fourth-order valence-corrected chi connectivity index (χ4v) is 0.972. The number of hydrogen-bond acceptors (Lipinski definition) is 3. The first-order valence-electron chi connectivity index (χ1n) is 4.42. The molecule has 0 aromatic heterocycles. The van der Waals surface area contributed by atoms with Crippen LogP contribution in [-0.2, 0) is 9.53 Å². The molecule has 0 amide bonds. The molecular formula is C10H17NO3. The molecule has 80 valence electrons. The Hall–Kier alpha value is -1.13. The third-order valence-corrected chi connectivity index (χ3v) is 1.79. The lowest BCUT2D eigenvalue weighted by atomic mass is 10.1. The van der Waals surface area contributed by atoms with E-state index >= 15 is 0 Å². The molecule has 0 aromatic carbocycles. The summed E-state index contributed by atoms with van der Waals surface area (Å²) in [4.78, 5) is 10.8. The zero-order chi connectivity index (χ0) is 11.0. The molecule has 0 bridgehead atoms. The number of carboxylic acid groups (broad SMARTS) is 1. The highest BCUT2D eigenvalue weighted by atomic mass is 16.5. The highest BCUT2D eigenvalue weighted by molar-refractivity contribution is 5.90. The van der Waals surface area contributed by atoms with Crippen molar-refractivity contribution in [2.75, 3.05) is 20.3 Å². The van der Waals surface area contributed by atoms with Crippen molar-refractivity contribution < 1.29 is 14.6 Å². The third-order valence-electron chi connectivity index (χ3n) is 1.79. The molecule has 0 radical (unpaired) electrons. The number of rotatable bonds is 6.